The molecule has 0 heterocycles. The lowest BCUT2D eigenvalue weighted by atomic mass is 10.0. The lowest BCUT2D eigenvalue weighted by Crippen LogP contribution is -2.28. The molecule has 0 aromatic heterocycles. The van der Waals surface area contributed by atoms with Crippen LogP contribution >= 0.6 is 7.82 Å². The van der Waals surface area contributed by atoms with Crippen molar-refractivity contribution in [1.29, 1.82) is 0 Å². The predicted octanol–water partition coefficient (Wildman–Crippen LogP) is 11.6. The van der Waals surface area contributed by atoms with Gasteiger partial charge in [0.25, 0.3) is 0 Å². The van der Waals surface area contributed by atoms with Gasteiger partial charge in [-0.25, -0.2) is 4.57 Å². The molecule has 54 heavy (non-hydrogen) atoms. The quantitative estimate of drug-likeness (QED) is 0.0236. The van der Waals surface area contributed by atoms with Crippen molar-refractivity contribution in [1.82, 2.24) is 0 Å². The second-order valence-corrected chi connectivity index (χ2v) is 16.5. The summed E-state index contributed by atoms with van der Waals surface area (Å²) >= 11 is 0. The number of phosphoric acid groups is 1. The van der Waals surface area contributed by atoms with E-state index in [4.69, 9.17) is 18.5 Å². The fourth-order valence-corrected chi connectivity index (χ4v) is 7.07. The van der Waals surface area contributed by atoms with Gasteiger partial charge in [0.15, 0.2) is 0 Å². The van der Waals surface area contributed by atoms with Crippen LogP contribution in [0, 0.1) is 0 Å². The number of esters is 2. The number of rotatable bonds is 42. The minimum atomic E-state index is -4.62. The maximum Gasteiger partial charge on any atom is 0.472 e. The summed E-state index contributed by atoms with van der Waals surface area (Å²) < 4.78 is 32.5. The number of ether oxygens (including phenoxy) is 2. The maximum absolute atomic E-state index is 12.3. The van der Waals surface area contributed by atoms with Gasteiger partial charge in [0, 0.05) is 12.8 Å². The first-order chi connectivity index (χ1) is 26.3. The summed E-state index contributed by atoms with van der Waals surface area (Å²) in [7, 11) is -4.62. The minimum absolute atomic E-state index is 0.195. The van der Waals surface area contributed by atoms with Crippen LogP contribution in [0.2, 0.25) is 0 Å². The van der Waals surface area contributed by atoms with Crippen molar-refractivity contribution in [3.63, 3.8) is 0 Å². The number of hydrogen-bond acceptors (Lipinski definition) is 9. The van der Waals surface area contributed by atoms with Crippen LogP contribution in [0.4, 0.5) is 0 Å². The van der Waals surface area contributed by atoms with E-state index < -0.39 is 58.4 Å². The third-order valence-corrected chi connectivity index (χ3v) is 10.7. The number of unbranched alkanes of at least 4 members (excludes halogenated alkanes) is 26. The van der Waals surface area contributed by atoms with Crippen LogP contribution < -0.4 is 0 Å². The molecule has 0 aliphatic carbocycles. The first-order valence-electron chi connectivity index (χ1n) is 22.1. The number of aliphatic hydroxyl groups excluding tert-OH is 2. The molecule has 3 N–H and O–H groups in total. The second kappa shape index (κ2) is 39.9. The van der Waals surface area contributed by atoms with Crippen LogP contribution in [-0.4, -0.2) is 65.7 Å². The summed E-state index contributed by atoms with van der Waals surface area (Å²) in [6.07, 6.45) is 37.9. The van der Waals surface area contributed by atoms with Gasteiger partial charge in [-0.15, -0.1) is 0 Å². The molecule has 0 amide bonds. The molecular weight excluding hydrogens is 707 g/mol. The normalized spacial score (nSPS) is 13.9. The number of phosphoric ester groups is 1. The highest BCUT2D eigenvalue weighted by atomic mass is 31.2. The average molecular weight is 791 g/mol. The van der Waals surface area contributed by atoms with Gasteiger partial charge in [0.1, 0.15) is 12.2 Å². The molecular formula is C43H83O10P. The van der Waals surface area contributed by atoms with Crippen LogP contribution in [0.25, 0.3) is 0 Å². The molecule has 0 rings (SSSR count). The van der Waals surface area contributed by atoms with Gasteiger partial charge in [0.05, 0.1) is 26.4 Å². The van der Waals surface area contributed by atoms with Crippen LogP contribution in [0.15, 0.2) is 12.2 Å². The van der Waals surface area contributed by atoms with Gasteiger partial charge in [-0.05, 0) is 38.5 Å². The van der Waals surface area contributed by atoms with Crippen molar-refractivity contribution in [3.05, 3.63) is 12.2 Å². The first kappa shape index (κ1) is 52.7. The highest BCUT2D eigenvalue weighted by molar-refractivity contribution is 7.47. The Bertz CT molecular complexity index is 915. The highest BCUT2D eigenvalue weighted by Crippen LogP contribution is 2.43. The van der Waals surface area contributed by atoms with E-state index in [1.54, 1.807) is 0 Å². The van der Waals surface area contributed by atoms with Crippen molar-refractivity contribution in [2.24, 2.45) is 0 Å². The summed E-state index contributed by atoms with van der Waals surface area (Å²) in [5, 5.41) is 19.1. The molecule has 10 nitrogen and oxygen atoms in total. The van der Waals surface area contributed by atoms with Crippen molar-refractivity contribution in [3.8, 4) is 0 Å². The Hall–Kier alpha value is -1.29. The third kappa shape index (κ3) is 37.6. The summed E-state index contributed by atoms with van der Waals surface area (Å²) in [5.41, 5.74) is 0. The fraction of sp³-hybridized carbons (Fsp3) is 0.907. The zero-order chi connectivity index (χ0) is 39.8. The van der Waals surface area contributed by atoms with E-state index in [0.29, 0.717) is 12.8 Å². The monoisotopic (exact) mass is 791 g/mol. The molecule has 0 spiro atoms. The van der Waals surface area contributed by atoms with Gasteiger partial charge in [-0.2, -0.15) is 0 Å². The molecule has 320 valence electrons. The molecule has 3 unspecified atom stereocenters. The first-order valence-corrected chi connectivity index (χ1v) is 23.6. The van der Waals surface area contributed by atoms with Crippen molar-refractivity contribution < 1.29 is 47.8 Å². The molecule has 0 saturated heterocycles. The smallest absolute Gasteiger partial charge is 0.457 e. The van der Waals surface area contributed by atoms with Gasteiger partial charge in [-0.3, -0.25) is 18.6 Å². The van der Waals surface area contributed by atoms with Crippen molar-refractivity contribution in [2.45, 2.75) is 225 Å². The standard InChI is InChI=1S/C43H83O10P/c1-3-5-7-9-11-13-14-15-16-17-18-19-20-21-22-23-24-25-26-27-29-31-33-35-43(47)53-41(37-45)39-51-54(48,49)50-38-40(36-44)52-42(46)34-32-30-28-12-10-8-6-4-2/h17-18,40-41,44-45H,3-16,19-39H2,1-2H3,(H,48,49)/b18-17-. The molecule has 0 aromatic carbocycles. The Morgan fingerprint density at radius 2 is 0.759 bits per heavy atom. The Morgan fingerprint density at radius 1 is 0.481 bits per heavy atom. The van der Waals surface area contributed by atoms with Crippen molar-refractivity contribution >= 4 is 19.8 Å². The van der Waals surface area contributed by atoms with E-state index in [1.807, 2.05) is 0 Å². The Labute approximate surface area is 330 Å². The average Bonchev–Trinajstić information content (AvgIpc) is 3.16. The zero-order valence-electron chi connectivity index (χ0n) is 34.7. The van der Waals surface area contributed by atoms with E-state index in [2.05, 4.69) is 26.0 Å². The number of carbonyl (C=O) groups excluding carboxylic acids is 2. The molecule has 0 saturated carbocycles. The Kier molecular flexibility index (Phi) is 39.0. The molecule has 0 fully saturated rings. The van der Waals surface area contributed by atoms with E-state index in [9.17, 15) is 29.3 Å². The Morgan fingerprint density at radius 3 is 1.06 bits per heavy atom. The lowest BCUT2D eigenvalue weighted by Gasteiger charge is -2.20. The van der Waals surface area contributed by atoms with E-state index in [-0.39, 0.29) is 12.8 Å². The fourth-order valence-electron chi connectivity index (χ4n) is 6.29. The van der Waals surface area contributed by atoms with Crippen LogP contribution in [0.5, 0.6) is 0 Å². The van der Waals surface area contributed by atoms with Gasteiger partial charge >= 0.3 is 19.8 Å². The predicted molar refractivity (Wildman–Crippen MR) is 219 cm³/mol. The third-order valence-electron chi connectivity index (χ3n) is 9.73. The van der Waals surface area contributed by atoms with Crippen LogP contribution in [0.1, 0.15) is 213 Å². The summed E-state index contributed by atoms with van der Waals surface area (Å²) in [4.78, 5) is 34.4. The van der Waals surface area contributed by atoms with Gasteiger partial charge in [-0.1, -0.05) is 174 Å². The molecule has 3 atom stereocenters. The van der Waals surface area contributed by atoms with E-state index >= 15 is 0 Å². The number of carbonyl (C=O) groups is 2. The maximum atomic E-state index is 12.3. The van der Waals surface area contributed by atoms with Crippen LogP contribution in [-0.2, 0) is 32.7 Å². The van der Waals surface area contributed by atoms with Gasteiger partial charge < -0.3 is 24.6 Å². The summed E-state index contributed by atoms with van der Waals surface area (Å²) in [6.45, 7) is 2.18. The number of aliphatic hydroxyl groups is 2. The zero-order valence-corrected chi connectivity index (χ0v) is 35.6. The van der Waals surface area contributed by atoms with Crippen LogP contribution in [0.3, 0.4) is 0 Å². The van der Waals surface area contributed by atoms with E-state index in [0.717, 1.165) is 38.5 Å². The largest absolute Gasteiger partial charge is 0.472 e. The highest BCUT2D eigenvalue weighted by Gasteiger charge is 2.27. The minimum Gasteiger partial charge on any atom is -0.457 e. The molecule has 0 aliphatic heterocycles. The SMILES string of the molecule is CCCCCCCCCC/C=C\CCCCCCCCCCCCCC(=O)OC(CO)COP(=O)(O)OCC(CO)OC(=O)CCCCCCCCCC. The molecule has 0 radical (unpaired) electrons. The lowest BCUT2D eigenvalue weighted by molar-refractivity contribution is -0.153. The second-order valence-electron chi connectivity index (χ2n) is 15.0. The molecule has 0 bridgehead atoms. The van der Waals surface area contributed by atoms with Gasteiger partial charge in [0.2, 0.25) is 0 Å². The molecule has 0 aliphatic rings. The number of allylic oxidation sites excluding steroid dienone is 2. The van der Waals surface area contributed by atoms with Crippen molar-refractivity contribution in [2.75, 3.05) is 26.4 Å². The number of hydrogen-bond donors (Lipinski definition) is 3. The Balaban J connectivity index is 3.80. The summed E-state index contributed by atoms with van der Waals surface area (Å²) in [5.74, 6) is -1.02. The molecule has 11 heteroatoms. The van der Waals surface area contributed by atoms with E-state index in [1.165, 1.54) is 135 Å². The summed E-state index contributed by atoms with van der Waals surface area (Å²) in [6, 6.07) is 0. The topological polar surface area (TPSA) is 149 Å². The molecule has 0 aromatic rings.